The summed E-state index contributed by atoms with van der Waals surface area (Å²) >= 11 is 1.79. The first-order chi connectivity index (χ1) is 24.8. The van der Waals surface area contributed by atoms with Gasteiger partial charge in [0.2, 0.25) is 0 Å². The molecule has 3 heterocycles. The van der Waals surface area contributed by atoms with Crippen molar-refractivity contribution in [2.75, 3.05) is 0 Å². The Balaban J connectivity index is 1.16. The first kappa shape index (κ1) is 28.6. The first-order valence-electron chi connectivity index (χ1n) is 16.6. The number of thiophene rings is 1. The zero-order chi connectivity index (χ0) is 33.0. The van der Waals surface area contributed by atoms with Gasteiger partial charge in [-0.3, -0.25) is 0 Å². The second-order valence-corrected chi connectivity index (χ2v) is 13.4. The predicted octanol–water partition coefficient (Wildman–Crippen LogP) is 12.5. The van der Waals surface area contributed by atoms with Crippen LogP contribution in [0.2, 0.25) is 0 Å². The molecule has 0 N–H and O–H groups in total. The quantitative estimate of drug-likeness (QED) is 0.185. The number of nitrogens with zero attached hydrogens (tertiary/aromatic N) is 3. The zero-order valence-electron chi connectivity index (χ0n) is 26.7. The van der Waals surface area contributed by atoms with Crippen molar-refractivity contribution in [3.63, 3.8) is 0 Å². The van der Waals surface area contributed by atoms with Crippen LogP contribution in [0.25, 0.3) is 98.5 Å². The monoisotopic (exact) mass is 657 g/mol. The van der Waals surface area contributed by atoms with Gasteiger partial charge in [0.15, 0.2) is 17.5 Å². The van der Waals surface area contributed by atoms with E-state index in [0.717, 1.165) is 49.8 Å². The number of aromatic nitrogens is 3. The summed E-state index contributed by atoms with van der Waals surface area (Å²) in [5.74, 6) is 1.96. The molecular formula is C45H27N3OS. The lowest BCUT2D eigenvalue weighted by Crippen LogP contribution is -1.99. The van der Waals surface area contributed by atoms with Crippen molar-refractivity contribution in [1.29, 1.82) is 0 Å². The van der Waals surface area contributed by atoms with Crippen LogP contribution in [0.5, 0.6) is 0 Å². The molecule has 0 aliphatic heterocycles. The minimum atomic E-state index is 0.651. The van der Waals surface area contributed by atoms with Gasteiger partial charge in [-0.25, -0.2) is 15.0 Å². The Bertz CT molecular complexity index is 2800. The van der Waals surface area contributed by atoms with Crippen LogP contribution in [0.3, 0.4) is 0 Å². The normalized spacial score (nSPS) is 11.6. The summed E-state index contributed by atoms with van der Waals surface area (Å²) < 4.78 is 9.09. The van der Waals surface area contributed by atoms with Gasteiger partial charge in [-0.1, -0.05) is 140 Å². The number of rotatable bonds is 5. The maximum absolute atomic E-state index is 6.69. The highest BCUT2D eigenvalue weighted by Gasteiger charge is 2.20. The lowest BCUT2D eigenvalue weighted by atomic mass is 9.93. The molecule has 4 nitrogen and oxygen atoms in total. The summed E-state index contributed by atoms with van der Waals surface area (Å²) in [6.07, 6.45) is 0. The van der Waals surface area contributed by atoms with Gasteiger partial charge in [-0.05, 0) is 41.0 Å². The van der Waals surface area contributed by atoms with E-state index in [4.69, 9.17) is 19.4 Å². The van der Waals surface area contributed by atoms with Gasteiger partial charge in [0.1, 0.15) is 11.2 Å². The van der Waals surface area contributed by atoms with Crippen molar-refractivity contribution in [2.45, 2.75) is 0 Å². The summed E-state index contributed by atoms with van der Waals surface area (Å²) in [6.45, 7) is 0. The Morgan fingerprint density at radius 3 is 1.68 bits per heavy atom. The Labute approximate surface area is 292 Å². The minimum Gasteiger partial charge on any atom is -0.455 e. The fourth-order valence-electron chi connectivity index (χ4n) is 7.03. The van der Waals surface area contributed by atoms with E-state index in [-0.39, 0.29) is 0 Å². The number of furan rings is 1. The number of fused-ring (bicyclic) bond motifs is 6. The van der Waals surface area contributed by atoms with Gasteiger partial charge in [0, 0.05) is 53.2 Å². The molecular weight excluding hydrogens is 631 g/mol. The zero-order valence-corrected chi connectivity index (χ0v) is 27.6. The maximum Gasteiger partial charge on any atom is 0.164 e. The van der Waals surface area contributed by atoms with Crippen molar-refractivity contribution < 1.29 is 4.42 Å². The van der Waals surface area contributed by atoms with E-state index in [1.165, 1.54) is 31.3 Å². The van der Waals surface area contributed by atoms with Crippen molar-refractivity contribution in [3.8, 4) is 56.4 Å². The van der Waals surface area contributed by atoms with E-state index >= 15 is 0 Å². The first-order valence-corrected chi connectivity index (χ1v) is 17.4. The van der Waals surface area contributed by atoms with Crippen LogP contribution in [0.1, 0.15) is 0 Å². The lowest BCUT2D eigenvalue weighted by molar-refractivity contribution is 0.670. The molecule has 0 radical (unpaired) electrons. The molecule has 5 heteroatoms. The molecule has 10 rings (SSSR count). The van der Waals surface area contributed by atoms with Crippen molar-refractivity contribution >= 4 is 53.4 Å². The van der Waals surface area contributed by atoms with Gasteiger partial charge in [-0.15, -0.1) is 11.3 Å². The van der Waals surface area contributed by atoms with Gasteiger partial charge < -0.3 is 4.42 Å². The number of benzene rings is 7. The Hall–Kier alpha value is -6.43. The highest BCUT2D eigenvalue weighted by atomic mass is 32.1. The van der Waals surface area contributed by atoms with E-state index < -0.39 is 0 Å². The summed E-state index contributed by atoms with van der Waals surface area (Å²) in [5.41, 5.74) is 9.24. The molecule has 50 heavy (non-hydrogen) atoms. The van der Waals surface area contributed by atoms with Crippen LogP contribution in [-0.2, 0) is 0 Å². The number of hydrogen-bond acceptors (Lipinski definition) is 5. The van der Waals surface area contributed by atoms with Crippen molar-refractivity contribution in [1.82, 2.24) is 15.0 Å². The average Bonchev–Trinajstić information content (AvgIpc) is 3.77. The Morgan fingerprint density at radius 2 is 0.980 bits per heavy atom. The van der Waals surface area contributed by atoms with Crippen LogP contribution in [0, 0.1) is 0 Å². The van der Waals surface area contributed by atoms with Crippen LogP contribution in [-0.4, -0.2) is 15.0 Å². The molecule has 0 amide bonds. The molecule has 0 fully saturated rings. The van der Waals surface area contributed by atoms with Gasteiger partial charge in [-0.2, -0.15) is 0 Å². The predicted molar refractivity (Wildman–Crippen MR) is 207 cm³/mol. The molecule has 234 valence electrons. The molecule has 3 aromatic heterocycles. The second-order valence-electron chi connectivity index (χ2n) is 12.4. The summed E-state index contributed by atoms with van der Waals surface area (Å²) in [6, 6.07) is 56.7. The molecule has 0 saturated carbocycles. The standard InChI is InChI=1S/C45H27N3OS/c1-4-13-28(14-5-1)32-25-26-34(42-41(32)35-19-10-11-21-37(35)49-42)33-20-12-22-38-40(33)36-24-23-31(27-39(36)50-38)45-47-43(29-15-6-2-7-16-29)46-44(48-45)30-17-8-3-9-18-30/h1-27H. The highest BCUT2D eigenvalue weighted by Crippen LogP contribution is 2.46. The van der Waals surface area contributed by atoms with E-state index in [1.54, 1.807) is 11.3 Å². The highest BCUT2D eigenvalue weighted by molar-refractivity contribution is 7.26. The molecule has 0 bridgehead atoms. The SMILES string of the molecule is c1ccc(-c2nc(-c3ccccc3)nc(-c3ccc4c(c3)sc3cccc(-c5ccc(-c6ccccc6)c6c5oc5ccccc56)c34)n2)cc1. The Morgan fingerprint density at radius 1 is 0.380 bits per heavy atom. The molecule has 0 aliphatic carbocycles. The summed E-state index contributed by atoms with van der Waals surface area (Å²) in [7, 11) is 0. The topological polar surface area (TPSA) is 51.8 Å². The van der Waals surface area contributed by atoms with E-state index in [1.807, 2.05) is 66.7 Å². The molecule has 0 unspecified atom stereocenters. The third-order valence-electron chi connectivity index (χ3n) is 9.36. The van der Waals surface area contributed by atoms with Gasteiger partial charge in [0.05, 0.1) is 0 Å². The molecule has 0 saturated heterocycles. The maximum atomic E-state index is 6.69. The lowest BCUT2D eigenvalue weighted by Gasteiger charge is -2.10. The van der Waals surface area contributed by atoms with Crippen LogP contribution < -0.4 is 0 Å². The second kappa shape index (κ2) is 11.6. The number of hydrogen-bond donors (Lipinski definition) is 0. The van der Waals surface area contributed by atoms with Crippen molar-refractivity contribution in [3.05, 3.63) is 164 Å². The summed E-state index contributed by atoms with van der Waals surface area (Å²) in [4.78, 5) is 14.8. The third-order valence-corrected chi connectivity index (χ3v) is 10.5. The molecule has 7 aromatic carbocycles. The fourth-order valence-corrected chi connectivity index (χ4v) is 8.20. The largest absolute Gasteiger partial charge is 0.455 e. The van der Waals surface area contributed by atoms with E-state index in [2.05, 4.69) is 97.1 Å². The van der Waals surface area contributed by atoms with Crippen LogP contribution >= 0.6 is 11.3 Å². The summed E-state index contributed by atoms with van der Waals surface area (Å²) in [5, 5.41) is 4.68. The molecule has 0 aliphatic rings. The number of para-hydroxylation sites is 1. The Kier molecular flexibility index (Phi) is 6.64. The fraction of sp³-hybridized carbons (Fsp3) is 0. The van der Waals surface area contributed by atoms with Gasteiger partial charge in [0.25, 0.3) is 0 Å². The van der Waals surface area contributed by atoms with Crippen molar-refractivity contribution in [2.24, 2.45) is 0 Å². The van der Waals surface area contributed by atoms with Crippen LogP contribution in [0.4, 0.5) is 0 Å². The molecule has 10 aromatic rings. The average molecular weight is 658 g/mol. The third kappa shape index (κ3) is 4.71. The van der Waals surface area contributed by atoms with E-state index in [0.29, 0.717) is 17.5 Å². The molecule has 0 atom stereocenters. The molecule has 0 spiro atoms. The minimum absolute atomic E-state index is 0.651. The van der Waals surface area contributed by atoms with Crippen LogP contribution in [0.15, 0.2) is 168 Å². The van der Waals surface area contributed by atoms with E-state index in [9.17, 15) is 0 Å². The smallest absolute Gasteiger partial charge is 0.164 e. The van der Waals surface area contributed by atoms with Gasteiger partial charge >= 0.3 is 0 Å².